The third-order valence-corrected chi connectivity index (χ3v) is 2.39. The number of hydrogen-bond acceptors (Lipinski definition) is 2. The van der Waals surface area contributed by atoms with Crippen molar-refractivity contribution in [2.75, 3.05) is 20.2 Å². The van der Waals surface area contributed by atoms with Gasteiger partial charge >= 0.3 is 0 Å². The van der Waals surface area contributed by atoms with Crippen molar-refractivity contribution in [3.63, 3.8) is 0 Å². The molecule has 0 amide bonds. The zero-order chi connectivity index (χ0) is 8.97. The maximum Gasteiger partial charge on any atom is 0.0779 e. The highest BCUT2D eigenvalue weighted by atomic mass is 79.9. The van der Waals surface area contributed by atoms with Gasteiger partial charge in [0.2, 0.25) is 0 Å². The number of halogens is 1. The van der Waals surface area contributed by atoms with Gasteiger partial charge in [-0.3, -0.25) is 0 Å². The molecule has 0 bridgehead atoms. The molecule has 0 radical (unpaired) electrons. The minimum Gasteiger partial charge on any atom is -0.373 e. The van der Waals surface area contributed by atoms with Gasteiger partial charge in [-0.05, 0) is 32.4 Å². The lowest BCUT2D eigenvalue weighted by atomic mass is 9.82. The zero-order valence-corrected chi connectivity index (χ0v) is 9.06. The van der Waals surface area contributed by atoms with Crippen LogP contribution in [0.15, 0.2) is 11.1 Å². The summed E-state index contributed by atoms with van der Waals surface area (Å²) in [6.45, 7) is 5.49. The summed E-state index contributed by atoms with van der Waals surface area (Å²) in [5.41, 5.74) is 0. The fourth-order valence-corrected chi connectivity index (χ4v) is 1.61. The fraction of sp³-hybridized carbons (Fsp3) is 0.778. The summed E-state index contributed by atoms with van der Waals surface area (Å²) in [6.07, 6.45) is 2.86. The summed E-state index contributed by atoms with van der Waals surface area (Å²) in [7, 11) is 1.99. The van der Waals surface area contributed by atoms with Crippen molar-refractivity contribution in [3.05, 3.63) is 11.1 Å². The molecule has 0 aliphatic heterocycles. The number of rotatable bonds is 5. The van der Waals surface area contributed by atoms with Crippen LogP contribution in [0.25, 0.3) is 0 Å². The lowest BCUT2D eigenvalue weighted by Crippen LogP contribution is -2.37. The van der Waals surface area contributed by atoms with Crippen molar-refractivity contribution in [1.29, 1.82) is 0 Å². The molecule has 0 heterocycles. The van der Waals surface area contributed by atoms with Crippen molar-refractivity contribution in [3.8, 4) is 0 Å². The molecule has 1 aliphatic carbocycles. The normalized spacial score (nSPS) is 28.2. The van der Waals surface area contributed by atoms with Gasteiger partial charge in [-0.1, -0.05) is 22.5 Å². The van der Waals surface area contributed by atoms with E-state index < -0.39 is 0 Å². The molecule has 0 spiro atoms. The van der Waals surface area contributed by atoms with Crippen LogP contribution in [-0.4, -0.2) is 26.3 Å². The summed E-state index contributed by atoms with van der Waals surface area (Å²) < 4.78 is 6.47. The molecular weight excluding hydrogens is 218 g/mol. The lowest BCUT2D eigenvalue weighted by molar-refractivity contribution is -0.0167. The Hall–Kier alpha value is 0.140. The average Bonchev–Trinajstić information content (AvgIpc) is 1.93. The maximum atomic E-state index is 5.54. The Bertz CT molecular complexity index is 155. The molecule has 12 heavy (non-hydrogen) atoms. The van der Waals surface area contributed by atoms with Crippen LogP contribution in [0.1, 0.15) is 12.8 Å². The van der Waals surface area contributed by atoms with E-state index in [2.05, 4.69) is 27.8 Å². The molecule has 2 nitrogen and oxygen atoms in total. The van der Waals surface area contributed by atoms with Crippen molar-refractivity contribution >= 4 is 15.9 Å². The molecule has 1 N–H and O–H groups in total. The minimum absolute atomic E-state index is 0.470. The number of ether oxygens (including phenoxy) is 1. The van der Waals surface area contributed by atoms with E-state index in [4.69, 9.17) is 4.74 Å². The first-order valence-electron chi connectivity index (χ1n) is 4.32. The molecule has 1 rings (SSSR count). The highest BCUT2D eigenvalue weighted by Gasteiger charge is 2.28. The number of hydrogen-bond donors (Lipinski definition) is 1. The van der Waals surface area contributed by atoms with Crippen LogP contribution in [-0.2, 0) is 4.74 Å². The Labute approximate surface area is 82.5 Å². The predicted octanol–water partition coefficient (Wildman–Crippen LogP) is 1.91. The summed E-state index contributed by atoms with van der Waals surface area (Å²) >= 11 is 3.27. The standard InChI is InChI=1S/C9H16BrNO/c1-7(10)6-12-9-3-8(4-9)5-11-2/h8-9,11H,1,3-6H2,2H3. The molecule has 1 aliphatic rings. The summed E-state index contributed by atoms with van der Waals surface area (Å²) in [5.74, 6) is 0.823. The Morgan fingerprint density at radius 1 is 1.67 bits per heavy atom. The lowest BCUT2D eigenvalue weighted by Gasteiger charge is -2.34. The Morgan fingerprint density at radius 2 is 2.33 bits per heavy atom. The van der Waals surface area contributed by atoms with Gasteiger partial charge in [0.15, 0.2) is 0 Å². The smallest absolute Gasteiger partial charge is 0.0779 e. The van der Waals surface area contributed by atoms with E-state index in [0.29, 0.717) is 12.7 Å². The van der Waals surface area contributed by atoms with Crippen molar-refractivity contribution in [1.82, 2.24) is 5.32 Å². The third-order valence-electron chi connectivity index (χ3n) is 2.16. The maximum absolute atomic E-state index is 5.54. The topological polar surface area (TPSA) is 21.3 Å². The highest BCUT2D eigenvalue weighted by molar-refractivity contribution is 9.11. The summed E-state index contributed by atoms with van der Waals surface area (Å²) in [5, 5.41) is 3.17. The zero-order valence-electron chi connectivity index (χ0n) is 7.48. The van der Waals surface area contributed by atoms with Crippen LogP contribution < -0.4 is 5.32 Å². The predicted molar refractivity (Wildman–Crippen MR) is 54.5 cm³/mol. The van der Waals surface area contributed by atoms with Gasteiger partial charge in [0, 0.05) is 4.48 Å². The SMILES string of the molecule is C=C(Br)COC1CC(CNC)C1. The molecule has 1 saturated carbocycles. The summed E-state index contributed by atoms with van der Waals surface area (Å²) in [4.78, 5) is 0. The largest absolute Gasteiger partial charge is 0.373 e. The van der Waals surface area contributed by atoms with E-state index in [1.165, 1.54) is 12.8 Å². The first-order chi connectivity index (χ1) is 5.72. The first kappa shape index (κ1) is 10.2. The number of nitrogens with one attached hydrogen (secondary N) is 1. The average molecular weight is 234 g/mol. The van der Waals surface area contributed by atoms with Crippen molar-refractivity contribution < 1.29 is 4.74 Å². The van der Waals surface area contributed by atoms with Crippen LogP contribution in [0, 0.1) is 5.92 Å². The molecule has 0 aromatic rings. The minimum atomic E-state index is 0.470. The molecule has 0 saturated heterocycles. The Kier molecular flexibility index (Phi) is 4.26. The Morgan fingerprint density at radius 3 is 2.83 bits per heavy atom. The van der Waals surface area contributed by atoms with Gasteiger partial charge in [0.1, 0.15) is 0 Å². The second-order valence-corrected chi connectivity index (χ2v) is 4.47. The van der Waals surface area contributed by atoms with E-state index in [-0.39, 0.29) is 0 Å². The molecule has 3 heteroatoms. The van der Waals surface area contributed by atoms with Gasteiger partial charge in [-0.2, -0.15) is 0 Å². The van der Waals surface area contributed by atoms with Gasteiger partial charge in [0.25, 0.3) is 0 Å². The van der Waals surface area contributed by atoms with Gasteiger partial charge in [-0.15, -0.1) is 0 Å². The molecule has 1 fully saturated rings. The van der Waals surface area contributed by atoms with Crippen LogP contribution >= 0.6 is 15.9 Å². The molecule has 0 unspecified atom stereocenters. The monoisotopic (exact) mass is 233 g/mol. The van der Waals surface area contributed by atoms with E-state index >= 15 is 0 Å². The second kappa shape index (κ2) is 5.00. The Balaban J connectivity index is 1.98. The van der Waals surface area contributed by atoms with Crippen molar-refractivity contribution in [2.24, 2.45) is 5.92 Å². The van der Waals surface area contributed by atoms with E-state index in [0.717, 1.165) is 16.9 Å². The second-order valence-electron chi connectivity index (χ2n) is 3.35. The van der Waals surface area contributed by atoms with E-state index in [1.54, 1.807) is 0 Å². The third kappa shape index (κ3) is 3.25. The molecule has 0 atom stereocenters. The molecular formula is C9H16BrNO. The van der Waals surface area contributed by atoms with Gasteiger partial charge < -0.3 is 10.1 Å². The van der Waals surface area contributed by atoms with Gasteiger partial charge in [0.05, 0.1) is 12.7 Å². The van der Waals surface area contributed by atoms with Crippen LogP contribution in [0.2, 0.25) is 0 Å². The fourth-order valence-electron chi connectivity index (χ4n) is 1.47. The van der Waals surface area contributed by atoms with E-state index in [9.17, 15) is 0 Å². The quantitative estimate of drug-likeness (QED) is 0.784. The first-order valence-corrected chi connectivity index (χ1v) is 5.11. The van der Waals surface area contributed by atoms with E-state index in [1.807, 2.05) is 7.05 Å². The van der Waals surface area contributed by atoms with Crippen LogP contribution in [0.3, 0.4) is 0 Å². The summed E-state index contributed by atoms with van der Waals surface area (Å²) in [6, 6.07) is 0. The highest BCUT2D eigenvalue weighted by Crippen LogP contribution is 2.29. The van der Waals surface area contributed by atoms with Crippen molar-refractivity contribution in [2.45, 2.75) is 18.9 Å². The molecule has 70 valence electrons. The van der Waals surface area contributed by atoms with Gasteiger partial charge in [-0.25, -0.2) is 0 Å². The molecule has 0 aromatic heterocycles. The molecule has 0 aromatic carbocycles. The van der Waals surface area contributed by atoms with Crippen LogP contribution in [0.4, 0.5) is 0 Å². The van der Waals surface area contributed by atoms with Crippen LogP contribution in [0.5, 0.6) is 0 Å².